The van der Waals surface area contributed by atoms with Gasteiger partial charge in [0.15, 0.2) is 11.5 Å². The number of nitrogens with zero attached hydrogens (tertiary/aromatic N) is 4. The Bertz CT molecular complexity index is 847. The number of ether oxygens (including phenoxy) is 2. The van der Waals surface area contributed by atoms with Gasteiger partial charge in [-0.1, -0.05) is 12.1 Å². The van der Waals surface area contributed by atoms with Crippen LogP contribution in [-0.4, -0.2) is 32.8 Å². The van der Waals surface area contributed by atoms with Gasteiger partial charge >= 0.3 is 5.97 Å². The first-order valence-electron chi connectivity index (χ1n) is 7.47. The fraction of sp³-hybridized carbons (Fsp3) is 0.176. The lowest BCUT2D eigenvalue weighted by atomic mass is 10.1. The maximum absolute atomic E-state index is 12.4. The van der Waals surface area contributed by atoms with Gasteiger partial charge in [-0.25, -0.2) is 9.48 Å². The molecule has 0 saturated heterocycles. The van der Waals surface area contributed by atoms with E-state index in [1.807, 2.05) is 19.9 Å². The number of rotatable bonds is 5. The minimum absolute atomic E-state index is 0.395. The predicted octanol–water partition coefficient (Wildman–Crippen LogP) is 2.59. The van der Waals surface area contributed by atoms with Crippen LogP contribution in [0.3, 0.4) is 0 Å². The van der Waals surface area contributed by atoms with E-state index in [4.69, 9.17) is 9.47 Å². The van der Waals surface area contributed by atoms with Crippen LogP contribution < -0.4 is 9.47 Å². The van der Waals surface area contributed by atoms with Gasteiger partial charge in [0.2, 0.25) is 0 Å². The third-order valence-electron chi connectivity index (χ3n) is 3.38. The van der Waals surface area contributed by atoms with Crippen LogP contribution in [0.15, 0.2) is 48.8 Å². The molecule has 7 heteroatoms. The van der Waals surface area contributed by atoms with Crippen molar-refractivity contribution in [3.63, 3.8) is 0 Å². The third kappa shape index (κ3) is 3.24. The Kier molecular flexibility index (Phi) is 4.51. The number of aromatic nitrogens is 4. The van der Waals surface area contributed by atoms with Gasteiger partial charge in [0.05, 0.1) is 17.9 Å². The standard InChI is InChI=1S/C17H16N4O3/c1-3-23-15-6-4-5-7-16(15)24-17(22)13-8-9-14(12(2)10-13)21-11-18-19-20-21/h4-11H,3H2,1-2H3. The number of tetrazole rings is 1. The quantitative estimate of drug-likeness (QED) is 0.530. The Morgan fingerprint density at radius 3 is 2.62 bits per heavy atom. The van der Waals surface area contributed by atoms with Crippen LogP contribution in [0.2, 0.25) is 0 Å². The molecule has 24 heavy (non-hydrogen) atoms. The molecule has 0 aliphatic heterocycles. The second kappa shape index (κ2) is 6.91. The lowest BCUT2D eigenvalue weighted by Gasteiger charge is -2.11. The number of para-hydroxylation sites is 2. The second-order valence-corrected chi connectivity index (χ2v) is 5.02. The summed E-state index contributed by atoms with van der Waals surface area (Å²) in [7, 11) is 0. The summed E-state index contributed by atoms with van der Waals surface area (Å²) in [6.07, 6.45) is 1.50. The summed E-state index contributed by atoms with van der Waals surface area (Å²) < 4.78 is 12.5. The van der Waals surface area contributed by atoms with Crippen LogP contribution in [0.4, 0.5) is 0 Å². The van der Waals surface area contributed by atoms with E-state index in [0.717, 1.165) is 11.3 Å². The molecule has 3 aromatic rings. The van der Waals surface area contributed by atoms with E-state index < -0.39 is 5.97 Å². The predicted molar refractivity (Wildman–Crippen MR) is 86.5 cm³/mol. The fourth-order valence-corrected chi connectivity index (χ4v) is 2.28. The summed E-state index contributed by atoms with van der Waals surface area (Å²) in [5.41, 5.74) is 2.09. The average Bonchev–Trinajstić information content (AvgIpc) is 3.11. The van der Waals surface area contributed by atoms with Crippen molar-refractivity contribution >= 4 is 5.97 Å². The number of hydrogen-bond donors (Lipinski definition) is 0. The van der Waals surface area contributed by atoms with Crippen LogP contribution in [-0.2, 0) is 0 Å². The zero-order valence-corrected chi connectivity index (χ0v) is 13.3. The van der Waals surface area contributed by atoms with Crippen LogP contribution in [0.5, 0.6) is 11.5 Å². The van der Waals surface area contributed by atoms with Crippen LogP contribution in [0, 0.1) is 6.92 Å². The Labute approximate surface area is 138 Å². The molecule has 0 saturated carbocycles. The molecule has 0 N–H and O–H groups in total. The zero-order valence-electron chi connectivity index (χ0n) is 13.3. The Morgan fingerprint density at radius 2 is 1.96 bits per heavy atom. The van der Waals surface area contributed by atoms with Crippen LogP contribution in [0.1, 0.15) is 22.8 Å². The highest BCUT2D eigenvalue weighted by molar-refractivity contribution is 5.91. The number of benzene rings is 2. The summed E-state index contributed by atoms with van der Waals surface area (Å²) >= 11 is 0. The lowest BCUT2D eigenvalue weighted by Crippen LogP contribution is -2.10. The second-order valence-electron chi connectivity index (χ2n) is 5.02. The molecule has 0 radical (unpaired) electrons. The molecule has 0 fully saturated rings. The molecule has 7 nitrogen and oxygen atoms in total. The van der Waals surface area contributed by atoms with E-state index in [1.54, 1.807) is 36.4 Å². The summed E-state index contributed by atoms with van der Waals surface area (Å²) in [6, 6.07) is 12.3. The smallest absolute Gasteiger partial charge is 0.343 e. The summed E-state index contributed by atoms with van der Waals surface area (Å²) in [5, 5.41) is 11.1. The summed E-state index contributed by atoms with van der Waals surface area (Å²) in [6.45, 7) is 4.25. The molecule has 0 unspecified atom stereocenters. The van der Waals surface area contributed by atoms with Crippen molar-refractivity contribution in [3.05, 3.63) is 59.9 Å². The first-order valence-corrected chi connectivity index (χ1v) is 7.47. The monoisotopic (exact) mass is 324 g/mol. The van der Waals surface area contributed by atoms with Gasteiger partial charge in [-0.3, -0.25) is 0 Å². The van der Waals surface area contributed by atoms with Crippen molar-refractivity contribution in [2.75, 3.05) is 6.61 Å². The van der Waals surface area contributed by atoms with Crippen LogP contribution in [0.25, 0.3) is 5.69 Å². The van der Waals surface area contributed by atoms with Crippen molar-refractivity contribution in [1.29, 1.82) is 0 Å². The van der Waals surface area contributed by atoms with Crippen molar-refractivity contribution in [2.45, 2.75) is 13.8 Å². The summed E-state index contributed by atoms with van der Waals surface area (Å²) in [5.74, 6) is 0.482. The lowest BCUT2D eigenvalue weighted by molar-refractivity contribution is 0.0728. The van der Waals surface area contributed by atoms with Crippen molar-refractivity contribution in [3.8, 4) is 17.2 Å². The van der Waals surface area contributed by atoms with Gasteiger partial charge in [-0.05, 0) is 60.2 Å². The minimum atomic E-state index is -0.450. The SMILES string of the molecule is CCOc1ccccc1OC(=O)c1ccc(-n2cnnn2)c(C)c1. The minimum Gasteiger partial charge on any atom is -0.490 e. The molecular formula is C17H16N4O3. The molecule has 0 atom stereocenters. The largest absolute Gasteiger partial charge is 0.490 e. The van der Waals surface area contributed by atoms with E-state index >= 15 is 0 Å². The molecule has 0 aliphatic carbocycles. The first-order chi connectivity index (χ1) is 11.7. The molecular weight excluding hydrogens is 308 g/mol. The number of aryl methyl sites for hydroxylation is 1. The molecule has 1 aromatic heterocycles. The van der Waals surface area contributed by atoms with Gasteiger partial charge in [0.25, 0.3) is 0 Å². The number of esters is 1. The maximum atomic E-state index is 12.4. The Balaban J connectivity index is 1.82. The average molecular weight is 324 g/mol. The Hall–Kier alpha value is -3.22. The highest BCUT2D eigenvalue weighted by Gasteiger charge is 2.14. The molecule has 0 bridgehead atoms. The number of carbonyl (C=O) groups is 1. The highest BCUT2D eigenvalue weighted by Crippen LogP contribution is 2.27. The van der Waals surface area contributed by atoms with E-state index in [-0.39, 0.29) is 0 Å². The summed E-state index contributed by atoms with van der Waals surface area (Å²) in [4.78, 5) is 12.4. The normalized spacial score (nSPS) is 10.4. The van der Waals surface area contributed by atoms with Gasteiger partial charge in [-0.2, -0.15) is 0 Å². The topological polar surface area (TPSA) is 79.1 Å². The van der Waals surface area contributed by atoms with E-state index in [2.05, 4.69) is 15.5 Å². The molecule has 3 rings (SSSR count). The van der Waals surface area contributed by atoms with Gasteiger partial charge in [0, 0.05) is 0 Å². The van der Waals surface area contributed by atoms with E-state index in [1.165, 1.54) is 11.0 Å². The number of carbonyl (C=O) groups excluding carboxylic acids is 1. The molecule has 2 aromatic carbocycles. The van der Waals surface area contributed by atoms with E-state index in [0.29, 0.717) is 23.7 Å². The number of hydrogen-bond acceptors (Lipinski definition) is 6. The molecule has 122 valence electrons. The maximum Gasteiger partial charge on any atom is 0.343 e. The van der Waals surface area contributed by atoms with Gasteiger partial charge < -0.3 is 9.47 Å². The van der Waals surface area contributed by atoms with Crippen LogP contribution >= 0.6 is 0 Å². The Morgan fingerprint density at radius 1 is 1.17 bits per heavy atom. The van der Waals surface area contributed by atoms with Crippen molar-refractivity contribution in [2.24, 2.45) is 0 Å². The van der Waals surface area contributed by atoms with Crippen molar-refractivity contribution in [1.82, 2.24) is 20.2 Å². The molecule has 0 aliphatic rings. The first kappa shape index (κ1) is 15.7. The van der Waals surface area contributed by atoms with Gasteiger partial charge in [0.1, 0.15) is 6.33 Å². The van der Waals surface area contributed by atoms with Crippen molar-refractivity contribution < 1.29 is 14.3 Å². The third-order valence-corrected chi connectivity index (χ3v) is 3.38. The molecule has 0 spiro atoms. The van der Waals surface area contributed by atoms with E-state index in [9.17, 15) is 4.79 Å². The fourth-order valence-electron chi connectivity index (χ4n) is 2.28. The molecule has 0 amide bonds. The van der Waals surface area contributed by atoms with Gasteiger partial charge in [-0.15, -0.1) is 5.10 Å². The molecule has 1 heterocycles. The zero-order chi connectivity index (χ0) is 16.9. The highest BCUT2D eigenvalue weighted by atomic mass is 16.6.